The third kappa shape index (κ3) is 3.78. The highest BCUT2D eigenvalue weighted by molar-refractivity contribution is 9.09. The molecule has 1 aromatic carbocycles. The van der Waals surface area contributed by atoms with Crippen molar-refractivity contribution in [1.82, 2.24) is 4.72 Å². The van der Waals surface area contributed by atoms with Gasteiger partial charge in [0.15, 0.2) is 5.78 Å². The van der Waals surface area contributed by atoms with Crippen LogP contribution in [0.3, 0.4) is 0 Å². The lowest BCUT2D eigenvalue weighted by atomic mass is 10.1. The lowest BCUT2D eigenvalue weighted by Gasteiger charge is -2.08. The van der Waals surface area contributed by atoms with Gasteiger partial charge in [-0.05, 0) is 24.6 Å². The molecule has 0 saturated heterocycles. The topological polar surface area (TPSA) is 63.2 Å². The van der Waals surface area contributed by atoms with Gasteiger partial charge in [-0.1, -0.05) is 34.5 Å². The van der Waals surface area contributed by atoms with Crippen molar-refractivity contribution in [3.05, 3.63) is 28.8 Å². The monoisotopic (exact) mass is 353 g/mol. The summed E-state index contributed by atoms with van der Waals surface area (Å²) in [6.07, 6.45) is 0.677. The maximum atomic E-state index is 12.0. The van der Waals surface area contributed by atoms with Gasteiger partial charge in [0.2, 0.25) is 10.0 Å². The summed E-state index contributed by atoms with van der Waals surface area (Å²) in [4.78, 5) is 11.4. The number of halogens is 2. The first-order valence-electron chi connectivity index (χ1n) is 5.30. The molecule has 0 aliphatic carbocycles. The molecular formula is C11H13BrClNO3S. The average Bonchev–Trinajstić information content (AvgIpc) is 2.35. The van der Waals surface area contributed by atoms with Crippen LogP contribution in [-0.4, -0.2) is 26.1 Å². The zero-order valence-corrected chi connectivity index (χ0v) is 12.9. The van der Waals surface area contributed by atoms with E-state index in [-0.39, 0.29) is 21.0 Å². The quantitative estimate of drug-likeness (QED) is 0.631. The van der Waals surface area contributed by atoms with Crippen LogP contribution in [0.2, 0.25) is 5.02 Å². The molecule has 1 rings (SSSR count). The van der Waals surface area contributed by atoms with E-state index in [9.17, 15) is 13.2 Å². The van der Waals surface area contributed by atoms with Gasteiger partial charge in [0, 0.05) is 12.1 Å². The van der Waals surface area contributed by atoms with Crippen LogP contribution < -0.4 is 4.72 Å². The molecule has 100 valence electrons. The summed E-state index contributed by atoms with van der Waals surface area (Å²) in [5, 5.41) is 0.237. The van der Waals surface area contributed by atoms with E-state index in [0.717, 1.165) is 0 Å². The minimum Gasteiger partial charge on any atom is -0.293 e. The zero-order valence-electron chi connectivity index (χ0n) is 9.74. The molecule has 0 aliphatic rings. The number of sulfonamides is 1. The number of rotatable bonds is 6. The van der Waals surface area contributed by atoms with Crippen LogP contribution in [-0.2, 0) is 10.0 Å². The summed E-state index contributed by atoms with van der Waals surface area (Å²) in [7, 11) is -3.67. The second-order valence-electron chi connectivity index (χ2n) is 3.60. The molecule has 7 heteroatoms. The number of carbonyl (C=O) groups is 1. The van der Waals surface area contributed by atoms with Gasteiger partial charge in [0.1, 0.15) is 4.90 Å². The number of hydrogen-bond acceptors (Lipinski definition) is 3. The molecule has 1 aromatic rings. The van der Waals surface area contributed by atoms with E-state index in [1.165, 1.54) is 18.2 Å². The summed E-state index contributed by atoms with van der Waals surface area (Å²) in [5.41, 5.74) is 0.313. The van der Waals surface area contributed by atoms with Crippen LogP contribution >= 0.6 is 27.5 Å². The van der Waals surface area contributed by atoms with Crippen LogP contribution in [0.5, 0.6) is 0 Å². The Balaban J connectivity index is 3.19. The second-order valence-corrected chi connectivity index (χ2v) is 6.30. The largest absolute Gasteiger partial charge is 0.293 e. The molecule has 0 aromatic heterocycles. The van der Waals surface area contributed by atoms with Gasteiger partial charge in [-0.2, -0.15) is 0 Å². The SMILES string of the molecule is CCCNS(=O)(=O)c1cc(C(=O)CBr)ccc1Cl. The summed E-state index contributed by atoms with van der Waals surface area (Å²) >= 11 is 8.90. The Morgan fingerprint density at radius 1 is 1.44 bits per heavy atom. The number of nitrogens with one attached hydrogen (secondary N) is 1. The van der Waals surface area contributed by atoms with E-state index >= 15 is 0 Å². The first-order valence-corrected chi connectivity index (χ1v) is 8.29. The molecular weight excluding hydrogens is 342 g/mol. The van der Waals surface area contributed by atoms with Crippen molar-refractivity contribution < 1.29 is 13.2 Å². The minimum absolute atomic E-state index is 0.0654. The molecule has 4 nitrogen and oxygen atoms in total. The van der Waals surface area contributed by atoms with Crippen molar-refractivity contribution in [1.29, 1.82) is 0 Å². The van der Waals surface area contributed by atoms with E-state index in [1.807, 2.05) is 6.92 Å². The average molecular weight is 355 g/mol. The van der Waals surface area contributed by atoms with E-state index < -0.39 is 10.0 Å². The van der Waals surface area contributed by atoms with Crippen LogP contribution in [0, 0.1) is 0 Å². The van der Waals surface area contributed by atoms with Gasteiger partial charge in [-0.25, -0.2) is 13.1 Å². The summed E-state index contributed by atoms with van der Waals surface area (Å²) in [6, 6.07) is 4.21. The molecule has 0 aliphatic heterocycles. The van der Waals surface area contributed by atoms with E-state index in [0.29, 0.717) is 18.5 Å². The molecule has 0 amide bonds. The van der Waals surface area contributed by atoms with E-state index in [1.54, 1.807) is 0 Å². The number of Topliss-reactive ketones (excluding diaryl/α,β-unsaturated/α-hetero) is 1. The van der Waals surface area contributed by atoms with Crippen molar-refractivity contribution in [3.8, 4) is 0 Å². The lowest BCUT2D eigenvalue weighted by Crippen LogP contribution is -2.25. The first kappa shape index (κ1) is 15.6. The van der Waals surface area contributed by atoms with Gasteiger partial charge >= 0.3 is 0 Å². The molecule has 0 atom stereocenters. The van der Waals surface area contributed by atoms with Crippen LogP contribution in [0.1, 0.15) is 23.7 Å². The molecule has 0 fully saturated rings. The maximum absolute atomic E-state index is 12.0. The van der Waals surface area contributed by atoms with Crippen molar-refractivity contribution >= 4 is 43.3 Å². The first-order chi connectivity index (χ1) is 8.42. The Labute approximate surface area is 120 Å². The van der Waals surface area contributed by atoms with Crippen molar-refractivity contribution in [2.45, 2.75) is 18.2 Å². The predicted molar refractivity (Wildman–Crippen MR) is 75.1 cm³/mol. The Hall–Kier alpha value is -0.430. The lowest BCUT2D eigenvalue weighted by molar-refractivity contribution is 0.102. The fraction of sp³-hybridized carbons (Fsp3) is 0.364. The normalized spacial score (nSPS) is 11.5. The smallest absolute Gasteiger partial charge is 0.242 e. The Morgan fingerprint density at radius 3 is 2.67 bits per heavy atom. The van der Waals surface area contributed by atoms with Gasteiger partial charge < -0.3 is 0 Å². The molecule has 1 N–H and O–H groups in total. The highest BCUT2D eigenvalue weighted by Crippen LogP contribution is 2.23. The molecule has 0 bridgehead atoms. The number of benzene rings is 1. The number of alkyl halides is 1. The fourth-order valence-corrected chi connectivity index (χ4v) is 3.26. The number of hydrogen-bond donors (Lipinski definition) is 1. The van der Waals surface area contributed by atoms with Crippen molar-refractivity contribution in [3.63, 3.8) is 0 Å². The standard InChI is InChI=1S/C11H13BrClNO3S/c1-2-5-14-18(16,17)11-6-8(10(15)7-12)3-4-9(11)13/h3-4,6,14H,2,5,7H2,1H3. The second kappa shape index (κ2) is 6.65. The predicted octanol–water partition coefficient (Wildman–Crippen LogP) is 2.61. The van der Waals surface area contributed by atoms with Crippen molar-refractivity contribution in [2.24, 2.45) is 0 Å². The minimum atomic E-state index is -3.67. The Morgan fingerprint density at radius 2 is 2.11 bits per heavy atom. The maximum Gasteiger partial charge on any atom is 0.242 e. The Bertz CT molecular complexity index is 545. The Kier molecular flexibility index (Phi) is 5.78. The number of ketones is 1. The zero-order chi connectivity index (χ0) is 13.8. The molecule has 0 heterocycles. The summed E-state index contributed by atoms with van der Waals surface area (Å²) < 4.78 is 26.3. The van der Waals surface area contributed by atoms with Crippen LogP contribution in [0.25, 0.3) is 0 Å². The van der Waals surface area contributed by atoms with E-state index in [4.69, 9.17) is 11.6 Å². The molecule has 0 spiro atoms. The summed E-state index contributed by atoms with van der Waals surface area (Å²) in [5.74, 6) is -0.196. The van der Waals surface area contributed by atoms with Crippen molar-refractivity contribution in [2.75, 3.05) is 11.9 Å². The van der Waals surface area contributed by atoms with Gasteiger partial charge in [-0.15, -0.1) is 0 Å². The highest BCUT2D eigenvalue weighted by atomic mass is 79.9. The third-order valence-corrected chi connectivity index (χ3v) is 4.66. The van der Waals surface area contributed by atoms with Crippen LogP contribution in [0.15, 0.2) is 23.1 Å². The highest BCUT2D eigenvalue weighted by Gasteiger charge is 2.19. The fourth-order valence-electron chi connectivity index (χ4n) is 1.27. The molecule has 18 heavy (non-hydrogen) atoms. The molecule has 0 unspecified atom stereocenters. The third-order valence-electron chi connectivity index (χ3n) is 2.21. The summed E-state index contributed by atoms with van der Waals surface area (Å²) in [6.45, 7) is 2.18. The van der Waals surface area contributed by atoms with Gasteiger partial charge in [0.05, 0.1) is 10.4 Å². The van der Waals surface area contributed by atoms with E-state index in [2.05, 4.69) is 20.7 Å². The van der Waals surface area contributed by atoms with Gasteiger partial charge in [0.25, 0.3) is 0 Å². The number of carbonyl (C=O) groups excluding carboxylic acids is 1. The molecule has 0 radical (unpaired) electrons. The van der Waals surface area contributed by atoms with Crippen LogP contribution in [0.4, 0.5) is 0 Å². The molecule has 0 saturated carbocycles. The van der Waals surface area contributed by atoms with Gasteiger partial charge in [-0.3, -0.25) is 4.79 Å².